The number of aryl methyl sites for hydroxylation is 1. The maximum Gasteiger partial charge on any atom is 0.282 e. The fraction of sp³-hybridized carbons (Fsp3) is 0.286. The average molecular weight is 234 g/mol. The Labute approximate surface area is 80.0 Å². The molecular formula is C7H8BrNOS. The molecule has 1 N–H and O–H groups in total. The third kappa shape index (κ3) is 1.51. The molecule has 0 saturated carbocycles. The molecule has 0 radical (unpaired) electrons. The van der Waals surface area contributed by atoms with Gasteiger partial charge in [0.2, 0.25) is 0 Å². The Bertz CT molecular complexity index is 267. The van der Waals surface area contributed by atoms with Crippen molar-refractivity contribution >= 4 is 11.8 Å². The maximum absolute atomic E-state index is 9.29. The summed E-state index contributed by atoms with van der Waals surface area (Å²) in [4.78, 5) is 0. The molecule has 0 fully saturated rings. The van der Waals surface area contributed by atoms with Gasteiger partial charge in [-0.2, -0.15) is 4.57 Å². The smallest absolute Gasteiger partial charge is 0.282 e. The van der Waals surface area contributed by atoms with Crippen molar-refractivity contribution < 1.29 is 26.7 Å². The van der Waals surface area contributed by atoms with E-state index < -0.39 is 0 Å². The van der Waals surface area contributed by atoms with Crippen LogP contribution in [0.1, 0.15) is 0 Å². The van der Waals surface area contributed by atoms with Crippen LogP contribution < -0.4 is 21.5 Å². The Balaban J connectivity index is 0.000000605. The molecule has 0 spiro atoms. The van der Waals surface area contributed by atoms with Gasteiger partial charge in [-0.25, -0.2) is 0 Å². The summed E-state index contributed by atoms with van der Waals surface area (Å²) in [6.45, 7) is 1.02. The van der Waals surface area contributed by atoms with Crippen LogP contribution in [0.4, 0.5) is 0 Å². The molecule has 1 aliphatic rings. The van der Waals surface area contributed by atoms with E-state index in [1.165, 1.54) is 0 Å². The highest BCUT2D eigenvalue weighted by Gasteiger charge is 2.22. The minimum absolute atomic E-state index is 0. The molecular weight excluding hydrogens is 226 g/mol. The maximum atomic E-state index is 9.29. The summed E-state index contributed by atoms with van der Waals surface area (Å²) in [7, 11) is 0. The van der Waals surface area contributed by atoms with Gasteiger partial charge < -0.3 is 22.1 Å². The van der Waals surface area contributed by atoms with Crippen LogP contribution in [0.2, 0.25) is 0 Å². The first-order chi connectivity index (χ1) is 4.88. The Morgan fingerprint density at radius 3 is 3.09 bits per heavy atom. The number of fused-ring (bicyclic) bond motifs is 1. The number of pyridine rings is 1. The first kappa shape index (κ1) is 8.87. The molecule has 2 heterocycles. The van der Waals surface area contributed by atoms with Crippen molar-refractivity contribution in [3.05, 3.63) is 18.3 Å². The molecule has 1 aromatic heterocycles. The van der Waals surface area contributed by atoms with Crippen LogP contribution in [-0.4, -0.2) is 10.9 Å². The summed E-state index contributed by atoms with van der Waals surface area (Å²) in [5.74, 6) is 1.49. The number of hydrogen-bond acceptors (Lipinski definition) is 2. The second-order valence-corrected chi connectivity index (χ2v) is 3.32. The Hall–Kier alpha value is -0.220. The van der Waals surface area contributed by atoms with Crippen LogP contribution in [0.15, 0.2) is 23.4 Å². The molecule has 4 heteroatoms. The topological polar surface area (TPSA) is 24.1 Å². The van der Waals surface area contributed by atoms with Crippen LogP contribution in [0.5, 0.6) is 5.75 Å². The molecule has 11 heavy (non-hydrogen) atoms. The summed E-state index contributed by atoms with van der Waals surface area (Å²) in [5.41, 5.74) is 0. The van der Waals surface area contributed by atoms with E-state index in [9.17, 15) is 5.11 Å². The van der Waals surface area contributed by atoms with Gasteiger partial charge in [-0.1, -0.05) is 0 Å². The van der Waals surface area contributed by atoms with Crippen molar-refractivity contribution in [1.29, 1.82) is 0 Å². The van der Waals surface area contributed by atoms with E-state index in [2.05, 4.69) is 4.57 Å². The molecule has 1 aromatic rings. The number of rotatable bonds is 0. The highest BCUT2D eigenvalue weighted by Crippen LogP contribution is 2.27. The van der Waals surface area contributed by atoms with E-state index >= 15 is 0 Å². The van der Waals surface area contributed by atoms with Crippen LogP contribution in [0.25, 0.3) is 0 Å². The first-order valence-corrected chi connectivity index (χ1v) is 4.21. The average Bonchev–Trinajstić information content (AvgIpc) is 2.36. The summed E-state index contributed by atoms with van der Waals surface area (Å²) in [6, 6.07) is 3.59. The van der Waals surface area contributed by atoms with Crippen LogP contribution in [-0.2, 0) is 6.54 Å². The molecule has 0 unspecified atom stereocenters. The summed E-state index contributed by atoms with van der Waals surface area (Å²) in [6.07, 6.45) is 2.00. The molecule has 1 aliphatic heterocycles. The second kappa shape index (κ2) is 3.45. The molecule has 0 aliphatic carbocycles. The summed E-state index contributed by atoms with van der Waals surface area (Å²) < 4.78 is 2.07. The SMILES string of the molecule is Oc1ccc[n+]2c1SCC2.[Br-]. The van der Waals surface area contributed by atoms with Gasteiger partial charge in [0.25, 0.3) is 5.03 Å². The van der Waals surface area contributed by atoms with Crippen molar-refractivity contribution in [1.82, 2.24) is 0 Å². The van der Waals surface area contributed by atoms with E-state index in [-0.39, 0.29) is 17.0 Å². The Kier molecular flexibility index (Phi) is 2.78. The van der Waals surface area contributed by atoms with Crippen molar-refractivity contribution in [2.45, 2.75) is 11.6 Å². The number of thioether (sulfide) groups is 1. The third-order valence-corrected chi connectivity index (χ3v) is 2.67. The molecule has 0 atom stereocenters. The molecule has 0 bridgehead atoms. The molecule has 0 amide bonds. The lowest BCUT2D eigenvalue weighted by Crippen LogP contribution is -3.00. The van der Waals surface area contributed by atoms with Gasteiger partial charge in [0, 0.05) is 6.07 Å². The van der Waals surface area contributed by atoms with Gasteiger partial charge in [0.1, 0.15) is 0 Å². The van der Waals surface area contributed by atoms with Crippen LogP contribution in [0.3, 0.4) is 0 Å². The predicted molar refractivity (Wildman–Crippen MR) is 39.0 cm³/mol. The van der Waals surface area contributed by atoms with Crippen molar-refractivity contribution in [2.75, 3.05) is 5.75 Å². The number of hydrogen-bond donors (Lipinski definition) is 1. The first-order valence-electron chi connectivity index (χ1n) is 3.22. The van der Waals surface area contributed by atoms with E-state index in [4.69, 9.17) is 0 Å². The van der Waals surface area contributed by atoms with Gasteiger partial charge >= 0.3 is 0 Å². The highest BCUT2D eigenvalue weighted by molar-refractivity contribution is 7.99. The molecule has 0 aromatic carbocycles. The number of nitrogens with zero attached hydrogens (tertiary/aromatic N) is 1. The van der Waals surface area contributed by atoms with Crippen molar-refractivity contribution in [3.63, 3.8) is 0 Å². The lowest BCUT2D eigenvalue weighted by molar-refractivity contribution is -0.723. The zero-order chi connectivity index (χ0) is 6.97. The zero-order valence-electron chi connectivity index (χ0n) is 5.83. The second-order valence-electron chi connectivity index (χ2n) is 2.24. The van der Waals surface area contributed by atoms with Gasteiger partial charge in [0.05, 0.1) is 5.75 Å². The Morgan fingerprint density at radius 1 is 1.55 bits per heavy atom. The quantitative estimate of drug-likeness (QED) is 0.515. The van der Waals surface area contributed by atoms with Crippen LogP contribution in [0, 0.1) is 0 Å². The fourth-order valence-corrected chi connectivity index (χ4v) is 2.11. The van der Waals surface area contributed by atoms with Crippen molar-refractivity contribution in [3.8, 4) is 5.75 Å². The molecule has 0 saturated heterocycles. The summed E-state index contributed by atoms with van der Waals surface area (Å²) in [5, 5.41) is 10.3. The van der Waals surface area contributed by atoms with Crippen LogP contribution >= 0.6 is 11.8 Å². The minimum Gasteiger partial charge on any atom is -1.00 e. The number of aromatic nitrogens is 1. The van der Waals surface area contributed by atoms with E-state index in [1.54, 1.807) is 17.8 Å². The largest absolute Gasteiger partial charge is 1.00 e. The van der Waals surface area contributed by atoms with Gasteiger partial charge in [-0.05, 0) is 17.8 Å². The molecule has 60 valence electrons. The predicted octanol–water partition coefficient (Wildman–Crippen LogP) is -2.21. The lowest BCUT2D eigenvalue weighted by atomic mass is 10.4. The zero-order valence-corrected chi connectivity index (χ0v) is 8.23. The van der Waals surface area contributed by atoms with Gasteiger partial charge in [0.15, 0.2) is 18.5 Å². The highest BCUT2D eigenvalue weighted by atomic mass is 79.9. The monoisotopic (exact) mass is 233 g/mol. The fourth-order valence-electron chi connectivity index (χ4n) is 1.10. The lowest BCUT2D eigenvalue weighted by Gasteiger charge is -1.91. The third-order valence-electron chi connectivity index (χ3n) is 1.57. The van der Waals surface area contributed by atoms with E-state index in [1.807, 2.05) is 12.3 Å². The molecule has 2 nitrogen and oxygen atoms in total. The summed E-state index contributed by atoms with van der Waals surface area (Å²) >= 11 is 1.71. The number of halogens is 1. The standard InChI is InChI=1S/C7H7NOS.BrH/c9-6-2-1-3-8-4-5-10-7(6)8;/h1-3H,4-5H2;1H. The van der Waals surface area contributed by atoms with Gasteiger partial charge in [-0.3, -0.25) is 0 Å². The van der Waals surface area contributed by atoms with Crippen molar-refractivity contribution in [2.24, 2.45) is 0 Å². The number of aromatic hydroxyl groups is 1. The minimum atomic E-state index is 0. The Morgan fingerprint density at radius 2 is 2.36 bits per heavy atom. The normalized spacial score (nSPS) is 13.8. The van der Waals surface area contributed by atoms with E-state index in [0.29, 0.717) is 5.75 Å². The van der Waals surface area contributed by atoms with E-state index in [0.717, 1.165) is 17.3 Å². The molecule has 2 rings (SSSR count). The van der Waals surface area contributed by atoms with Gasteiger partial charge in [-0.15, -0.1) is 0 Å².